The van der Waals surface area contributed by atoms with E-state index in [1.54, 1.807) is 50.1 Å². The van der Waals surface area contributed by atoms with Crippen molar-refractivity contribution in [3.8, 4) is 11.1 Å². The number of piperidine rings is 1. The zero-order valence-electron chi connectivity index (χ0n) is 19.9. The molecule has 1 saturated heterocycles. The van der Waals surface area contributed by atoms with Crippen LogP contribution < -0.4 is 5.32 Å². The minimum atomic E-state index is -4.52. The molecule has 1 fully saturated rings. The van der Waals surface area contributed by atoms with Gasteiger partial charge in [-0.15, -0.1) is 0 Å². The van der Waals surface area contributed by atoms with E-state index in [0.717, 1.165) is 11.0 Å². The Hall–Kier alpha value is -3.57. The van der Waals surface area contributed by atoms with Crippen molar-refractivity contribution in [1.82, 2.24) is 24.6 Å². The van der Waals surface area contributed by atoms with Crippen LogP contribution in [0.15, 0.2) is 42.9 Å². The van der Waals surface area contributed by atoms with Crippen molar-refractivity contribution in [3.63, 3.8) is 0 Å². The summed E-state index contributed by atoms with van der Waals surface area (Å²) in [4.78, 5) is 23.0. The van der Waals surface area contributed by atoms with Gasteiger partial charge in [-0.2, -0.15) is 18.3 Å². The number of carbonyl (C=O) groups is 1. The van der Waals surface area contributed by atoms with Crippen LogP contribution in [0.1, 0.15) is 35.1 Å². The number of aryl methyl sites for hydroxylation is 2. The number of amides is 1. The van der Waals surface area contributed by atoms with Crippen molar-refractivity contribution in [1.29, 1.82) is 0 Å². The monoisotopic (exact) mass is 508 g/mol. The summed E-state index contributed by atoms with van der Waals surface area (Å²) in [6.07, 6.45) is -0.996. The second kappa shape index (κ2) is 9.47. The molecular formula is C24H25F5N6O. The zero-order chi connectivity index (χ0) is 26.3. The normalized spacial score (nSPS) is 19.8. The first-order chi connectivity index (χ1) is 16.8. The third-order valence-corrected chi connectivity index (χ3v) is 6.18. The predicted molar refractivity (Wildman–Crippen MR) is 122 cm³/mol. The number of nitrogens with zero attached hydrogens (tertiary/aromatic N) is 5. The van der Waals surface area contributed by atoms with Gasteiger partial charge in [0.05, 0.1) is 24.3 Å². The fraction of sp³-hybridized carbons (Fsp3) is 0.417. The molecule has 7 nitrogen and oxygen atoms in total. The average molecular weight is 508 g/mol. The number of nitrogens with one attached hydrogen (secondary N) is 1. The van der Waals surface area contributed by atoms with E-state index in [0.29, 0.717) is 23.0 Å². The molecule has 192 valence electrons. The van der Waals surface area contributed by atoms with E-state index >= 15 is 0 Å². The SMILES string of the molecule is Cc1ccc(-c2cnn(C)c2)c(C(=O)N2CC(F)(F)C[C@@H](C)C2CNc2ccc(C(F)(F)F)cn2)n1. The number of anilines is 1. The maximum atomic E-state index is 14.6. The third kappa shape index (κ3) is 5.47. The molecule has 1 amide bonds. The van der Waals surface area contributed by atoms with Gasteiger partial charge in [-0.05, 0) is 31.0 Å². The number of pyridine rings is 2. The maximum absolute atomic E-state index is 14.6. The van der Waals surface area contributed by atoms with Gasteiger partial charge in [0.15, 0.2) is 0 Å². The van der Waals surface area contributed by atoms with Crippen LogP contribution in [0, 0.1) is 12.8 Å². The van der Waals surface area contributed by atoms with Crippen molar-refractivity contribution >= 4 is 11.7 Å². The number of rotatable bonds is 5. The molecule has 3 aromatic rings. The molecule has 2 atom stereocenters. The number of likely N-dealkylation sites (tertiary alicyclic amines) is 1. The number of halogens is 5. The summed E-state index contributed by atoms with van der Waals surface area (Å²) in [5, 5.41) is 7.02. The highest BCUT2D eigenvalue weighted by Crippen LogP contribution is 2.36. The van der Waals surface area contributed by atoms with E-state index in [2.05, 4.69) is 20.4 Å². The lowest BCUT2D eigenvalue weighted by Gasteiger charge is -2.43. The number of hydrogen-bond acceptors (Lipinski definition) is 5. The minimum Gasteiger partial charge on any atom is -0.368 e. The predicted octanol–water partition coefficient (Wildman–Crippen LogP) is 4.80. The molecule has 3 aromatic heterocycles. The quantitative estimate of drug-likeness (QED) is 0.501. The minimum absolute atomic E-state index is 0.0232. The second-order valence-electron chi connectivity index (χ2n) is 9.10. The van der Waals surface area contributed by atoms with Gasteiger partial charge in [0.25, 0.3) is 11.8 Å². The van der Waals surface area contributed by atoms with Crippen molar-refractivity contribution in [2.45, 2.75) is 38.4 Å². The lowest BCUT2D eigenvalue weighted by Crippen LogP contribution is -2.57. The van der Waals surface area contributed by atoms with Gasteiger partial charge in [0.1, 0.15) is 11.5 Å². The number of hydrogen-bond donors (Lipinski definition) is 1. The summed E-state index contributed by atoms with van der Waals surface area (Å²) in [7, 11) is 1.72. The largest absolute Gasteiger partial charge is 0.417 e. The van der Waals surface area contributed by atoms with Crippen molar-refractivity contribution in [2.75, 3.05) is 18.4 Å². The number of aromatic nitrogens is 4. The summed E-state index contributed by atoms with van der Waals surface area (Å²) >= 11 is 0. The lowest BCUT2D eigenvalue weighted by molar-refractivity contribution is -0.137. The Kier molecular flexibility index (Phi) is 6.72. The molecule has 0 spiro atoms. The topological polar surface area (TPSA) is 75.9 Å². The summed E-state index contributed by atoms with van der Waals surface area (Å²) in [5.41, 5.74) is 0.770. The molecule has 0 bridgehead atoms. The van der Waals surface area contributed by atoms with Crippen LogP contribution in [0.2, 0.25) is 0 Å². The molecule has 4 heterocycles. The van der Waals surface area contributed by atoms with Gasteiger partial charge in [-0.1, -0.05) is 13.0 Å². The van der Waals surface area contributed by atoms with Gasteiger partial charge < -0.3 is 10.2 Å². The molecule has 0 saturated carbocycles. The molecule has 12 heteroatoms. The summed E-state index contributed by atoms with van der Waals surface area (Å²) in [5.74, 6) is -4.22. The van der Waals surface area contributed by atoms with Crippen molar-refractivity contribution in [3.05, 3.63) is 59.8 Å². The fourth-order valence-electron chi connectivity index (χ4n) is 4.40. The van der Waals surface area contributed by atoms with E-state index in [-0.39, 0.29) is 18.1 Å². The molecule has 0 radical (unpaired) electrons. The van der Waals surface area contributed by atoms with Gasteiger partial charge in [0, 0.05) is 49.2 Å². The first kappa shape index (κ1) is 25.5. The Morgan fingerprint density at radius 3 is 2.56 bits per heavy atom. The van der Waals surface area contributed by atoms with E-state index in [9.17, 15) is 26.7 Å². The summed E-state index contributed by atoms with van der Waals surface area (Å²) < 4.78 is 69.2. The van der Waals surface area contributed by atoms with Crippen LogP contribution in [0.5, 0.6) is 0 Å². The lowest BCUT2D eigenvalue weighted by atomic mass is 9.87. The van der Waals surface area contributed by atoms with Crippen LogP contribution in [0.4, 0.5) is 27.8 Å². The summed E-state index contributed by atoms with van der Waals surface area (Å²) in [6, 6.07) is 4.80. The first-order valence-corrected chi connectivity index (χ1v) is 11.3. The van der Waals surface area contributed by atoms with Gasteiger partial charge in [-0.25, -0.2) is 18.7 Å². The van der Waals surface area contributed by atoms with Crippen LogP contribution >= 0.6 is 0 Å². The van der Waals surface area contributed by atoms with Crippen LogP contribution in [-0.4, -0.2) is 55.6 Å². The van der Waals surface area contributed by atoms with Crippen LogP contribution in [0.25, 0.3) is 11.1 Å². The highest BCUT2D eigenvalue weighted by molar-refractivity contribution is 5.99. The third-order valence-electron chi connectivity index (χ3n) is 6.18. The molecule has 4 rings (SSSR count). The molecule has 1 unspecified atom stereocenters. The Morgan fingerprint density at radius 2 is 1.94 bits per heavy atom. The van der Waals surface area contributed by atoms with Crippen LogP contribution in [0.3, 0.4) is 0 Å². The highest BCUT2D eigenvalue weighted by Gasteiger charge is 2.46. The molecule has 1 aliphatic rings. The Morgan fingerprint density at radius 1 is 1.19 bits per heavy atom. The first-order valence-electron chi connectivity index (χ1n) is 11.3. The van der Waals surface area contributed by atoms with E-state index < -0.39 is 48.5 Å². The average Bonchev–Trinajstić information content (AvgIpc) is 3.22. The molecular weight excluding hydrogens is 483 g/mol. The van der Waals surface area contributed by atoms with Gasteiger partial charge in [0.2, 0.25) is 0 Å². The van der Waals surface area contributed by atoms with E-state index in [1.807, 2.05) is 0 Å². The molecule has 0 aliphatic carbocycles. The van der Waals surface area contributed by atoms with Crippen molar-refractivity contribution < 1.29 is 26.7 Å². The van der Waals surface area contributed by atoms with Gasteiger partial charge in [-0.3, -0.25) is 9.48 Å². The van der Waals surface area contributed by atoms with Crippen LogP contribution in [-0.2, 0) is 13.2 Å². The Labute approximate surface area is 204 Å². The van der Waals surface area contributed by atoms with E-state index in [1.165, 1.54) is 6.07 Å². The number of alkyl halides is 5. The fourth-order valence-corrected chi connectivity index (χ4v) is 4.40. The smallest absolute Gasteiger partial charge is 0.368 e. The standard InChI is InChI=1S/C24H25F5N6O/c1-14-8-23(25,26)13-35(19(14)11-31-20-7-5-17(10-30-20)24(27,28)29)22(36)21-18(6-4-15(2)33-21)16-9-32-34(3)12-16/h4-7,9-10,12,14,19H,8,11,13H2,1-3H3,(H,30,31)/t14-,19?/m1/s1. The summed E-state index contributed by atoms with van der Waals surface area (Å²) in [6.45, 7) is 2.54. The molecule has 36 heavy (non-hydrogen) atoms. The Bertz CT molecular complexity index is 1240. The van der Waals surface area contributed by atoms with Crippen molar-refractivity contribution in [2.24, 2.45) is 13.0 Å². The maximum Gasteiger partial charge on any atom is 0.417 e. The highest BCUT2D eigenvalue weighted by atomic mass is 19.4. The van der Waals surface area contributed by atoms with E-state index in [4.69, 9.17) is 0 Å². The molecule has 0 aromatic carbocycles. The molecule has 1 N–H and O–H groups in total. The number of carbonyl (C=O) groups excluding carboxylic acids is 1. The Balaban J connectivity index is 1.63. The second-order valence-corrected chi connectivity index (χ2v) is 9.10. The molecule has 1 aliphatic heterocycles. The van der Waals surface area contributed by atoms with Gasteiger partial charge >= 0.3 is 6.18 Å². The zero-order valence-corrected chi connectivity index (χ0v) is 19.9.